The lowest BCUT2D eigenvalue weighted by Gasteiger charge is -2.23. The fourth-order valence-electron chi connectivity index (χ4n) is 4.16. The predicted octanol–water partition coefficient (Wildman–Crippen LogP) is 5.30. The predicted molar refractivity (Wildman–Crippen MR) is 163 cm³/mol. The second-order valence-corrected chi connectivity index (χ2v) is 13.3. The molecule has 41 heavy (non-hydrogen) atoms. The molecular formula is C29H38N4O6S2. The molecule has 0 aliphatic carbocycles. The lowest BCUT2D eigenvalue weighted by Crippen LogP contribution is -2.40. The van der Waals surface area contributed by atoms with Gasteiger partial charge in [-0.1, -0.05) is 6.07 Å². The van der Waals surface area contributed by atoms with Gasteiger partial charge in [0.15, 0.2) is 0 Å². The SMILES string of the molecule is CC(C)OC=O.CNc1ccc(-c2ncc(-c3ccc(N4CCCC4=O)cc3S(=O)(=O)NC(C)(C)C)s2)cc1OC. The largest absolute Gasteiger partial charge is 0.495 e. The molecule has 0 radical (unpaired) electrons. The average molecular weight is 603 g/mol. The normalized spacial score (nSPS) is 13.6. The van der Waals surface area contributed by atoms with Gasteiger partial charge in [-0.2, -0.15) is 0 Å². The Morgan fingerprint density at radius 3 is 2.41 bits per heavy atom. The molecule has 3 aromatic rings. The fraction of sp³-hybridized carbons (Fsp3) is 0.414. The summed E-state index contributed by atoms with van der Waals surface area (Å²) < 4.78 is 39.5. The first-order valence-corrected chi connectivity index (χ1v) is 15.5. The third-order valence-corrected chi connectivity index (χ3v) is 8.77. The number of carbonyl (C=O) groups is 2. The Balaban J connectivity index is 0.000000696. The molecule has 1 saturated heterocycles. The van der Waals surface area contributed by atoms with E-state index in [9.17, 15) is 18.0 Å². The van der Waals surface area contributed by atoms with Crippen LogP contribution < -0.4 is 19.7 Å². The Morgan fingerprint density at radius 2 is 1.88 bits per heavy atom. The number of carbonyl (C=O) groups excluding carboxylic acids is 2. The van der Waals surface area contributed by atoms with Crippen LogP contribution in [0.15, 0.2) is 47.5 Å². The maximum Gasteiger partial charge on any atom is 0.293 e. The van der Waals surface area contributed by atoms with Crippen molar-refractivity contribution in [3.63, 3.8) is 0 Å². The molecule has 0 spiro atoms. The Bertz CT molecular complexity index is 1480. The molecule has 2 aromatic carbocycles. The molecule has 1 aromatic heterocycles. The molecule has 2 heterocycles. The number of benzene rings is 2. The summed E-state index contributed by atoms with van der Waals surface area (Å²) in [5.41, 5.74) is 2.19. The second-order valence-electron chi connectivity index (χ2n) is 10.7. The van der Waals surface area contributed by atoms with Crippen molar-refractivity contribution in [3.8, 4) is 26.8 Å². The van der Waals surface area contributed by atoms with Gasteiger partial charge in [-0.15, -0.1) is 11.3 Å². The van der Waals surface area contributed by atoms with E-state index in [0.717, 1.165) is 22.7 Å². The van der Waals surface area contributed by atoms with Crippen molar-refractivity contribution in [2.75, 3.05) is 30.9 Å². The minimum absolute atomic E-state index is 0.00363. The van der Waals surface area contributed by atoms with Crippen LogP contribution in [0, 0.1) is 0 Å². The van der Waals surface area contributed by atoms with Crippen LogP contribution in [0.25, 0.3) is 21.0 Å². The summed E-state index contributed by atoms with van der Waals surface area (Å²) in [7, 11) is -0.443. The summed E-state index contributed by atoms with van der Waals surface area (Å²) in [6.45, 7) is 10.0. The van der Waals surface area contributed by atoms with Crippen LogP contribution in [0.4, 0.5) is 11.4 Å². The van der Waals surface area contributed by atoms with Crippen molar-refractivity contribution < 1.29 is 27.5 Å². The summed E-state index contributed by atoms with van der Waals surface area (Å²) in [6.07, 6.45) is 2.95. The molecule has 1 fully saturated rings. The number of amides is 1. The first-order valence-electron chi connectivity index (χ1n) is 13.2. The quantitative estimate of drug-likeness (QED) is 0.316. The lowest BCUT2D eigenvalue weighted by molar-refractivity contribution is -0.132. The van der Waals surface area contributed by atoms with E-state index in [0.29, 0.717) is 41.3 Å². The highest BCUT2D eigenvalue weighted by atomic mass is 32.2. The zero-order valence-electron chi connectivity index (χ0n) is 24.5. The van der Waals surface area contributed by atoms with Crippen LogP contribution in [0.2, 0.25) is 0 Å². The maximum absolute atomic E-state index is 13.5. The number of nitrogens with zero attached hydrogens (tertiary/aromatic N) is 2. The minimum atomic E-state index is -3.88. The van der Waals surface area contributed by atoms with Crippen molar-refractivity contribution in [3.05, 3.63) is 42.6 Å². The number of ether oxygens (including phenoxy) is 2. The molecule has 0 saturated carbocycles. The standard InChI is InChI=1S/C25H30N4O4S2.C4H8O2/c1-25(2,3)28-35(31,32)22-14-17(29-12-6-7-23(29)30)9-10-18(22)21-15-27-24(34-21)16-8-11-19(26-4)20(13-16)33-5;1-4(2)6-3-5/h8-11,13-15,26,28H,6-7,12H2,1-5H3;3-4H,1-2H3. The van der Waals surface area contributed by atoms with E-state index in [1.165, 1.54) is 11.3 Å². The molecule has 4 rings (SSSR count). The van der Waals surface area contributed by atoms with E-state index in [1.54, 1.807) is 71.0 Å². The van der Waals surface area contributed by atoms with E-state index >= 15 is 0 Å². The number of aromatic nitrogens is 1. The van der Waals surface area contributed by atoms with E-state index in [4.69, 9.17) is 4.74 Å². The van der Waals surface area contributed by atoms with Gasteiger partial charge in [0.1, 0.15) is 10.8 Å². The van der Waals surface area contributed by atoms with Crippen LogP contribution in [-0.2, 0) is 24.3 Å². The maximum atomic E-state index is 13.5. The number of rotatable bonds is 9. The number of nitrogens with one attached hydrogen (secondary N) is 2. The second kappa shape index (κ2) is 13.5. The monoisotopic (exact) mass is 602 g/mol. The van der Waals surface area contributed by atoms with E-state index < -0.39 is 15.6 Å². The van der Waals surface area contributed by atoms with Gasteiger partial charge in [0.05, 0.1) is 28.7 Å². The van der Waals surface area contributed by atoms with Crippen LogP contribution in [0.3, 0.4) is 0 Å². The van der Waals surface area contributed by atoms with Crippen LogP contribution in [0.5, 0.6) is 5.75 Å². The van der Waals surface area contributed by atoms with Crippen molar-refractivity contribution in [1.82, 2.24) is 9.71 Å². The molecule has 2 N–H and O–H groups in total. The Hall–Kier alpha value is -3.48. The van der Waals surface area contributed by atoms with Gasteiger partial charge in [0.2, 0.25) is 15.9 Å². The number of thiazole rings is 1. The molecule has 1 aliphatic heterocycles. The first kappa shape index (κ1) is 32.0. The number of methoxy groups -OCH3 is 1. The zero-order valence-corrected chi connectivity index (χ0v) is 26.1. The smallest absolute Gasteiger partial charge is 0.293 e. The van der Waals surface area contributed by atoms with Gasteiger partial charge in [0, 0.05) is 48.6 Å². The first-order chi connectivity index (χ1) is 19.3. The Labute approximate surface area is 246 Å². The van der Waals surface area contributed by atoms with Crippen LogP contribution >= 0.6 is 11.3 Å². The third kappa shape index (κ3) is 8.27. The van der Waals surface area contributed by atoms with Gasteiger partial charge in [-0.05, 0) is 71.4 Å². The number of hydrogen-bond acceptors (Lipinski definition) is 9. The summed E-state index contributed by atoms with van der Waals surface area (Å²) in [4.78, 5) is 28.8. The van der Waals surface area contributed by atoms with Gasteiger partial charge in [-0.3, -0.25) is 9.59 Å². The third-order valence-electron chi connectivity index (χ3n) is 5.90. The summed E-state index contributed by atoms with van der Waals surface area (Å²) >= 11 is 1.40. The molecule has 0 bridgehead atoms. The van der Waals surface area contributed by atoms with Gasteiger partial charge in [-0.25, -0.2) is 18.1 Å². The van der Waals surface area contributed by atoms with Crippen molar-refractivity contribution in [1.29, 1.82) is 0 Å². The number of hydrogen-bond donors (Lipinski definition) is 2. The zero-order chi connectivity index (χ0) is 30.4. The highest BCUT2D eigenvalue weighted by molar-refractivity contribution is 7.89. The van der Waals surface area contributed by atoms with Crippen LogP contribution in [0.1, 0.15) is 47.5 Å². The molecular weight excluding hydrogens is 564 g/mol. The molecule has 1 aliphatic rings. The van der Waals surface area contributed by atoms with Gasteiger partial charge in [0.25, 0.3) is 6.47 Å². The average Bonchev–Trinajstić information content (AvgIpc) is 3.56. The molecule has 1 amide bonds. The Morgan fingerprint density at radius 1 is 1.15 bits per heavy atom. The topological polar surface area (TPSA) is 127 Å². The molecule has 10 nitrogen and oxygen atoms in total. The van der Waals surface area contributed by atoms with Crippen LogP contribution in [-0.4, -0.2) is 58.1 Å². The molecule has 0 unspecified atom stereocenters. The summed E-state index contributed by atoms with van der Waals surface area (Å²) in [5, 5.41) is 3.83. The number of anilines is 2. The number of sulfonamides is 1. The lowest BCUT2D eigenvalue weighted by atomic mass is 10.1. The summed E-state index contributed by atoms with van der Waals surface area (Å²) in [5.74, 6) is 0.697. The fourth-order valence-corrected chi connectivity index (χ4v) is 6.83. The van der Waals surface area contributed by atoms with Crippen molar-refractivity contribution in [2.45, 2.75) is 64.0 Å². The summed E-state index contributed by atoms with van der Waals surface area (Å²) in [6, 6.07) is 10.9. The van der Waals surface area contributed by atoms with Gasteiger partial charge >= 0.3 is 0 Å². The highest BCUT2D eigenvalue weighted by Crippen LogP contribution is 2.39. The van der Waals surface area contributed by atoms with Gasteiger partial charge < -0.3 is 19.7 Å². The van der Waals surface area contributed by atoms with E-state index in [1.807, 2.05) is 25.2 Å². The molecule has 222 valence electrons. The van der Waals surface area contributed by atoms with E-state index in [-0.39, 0.29) is 16.9 Å². The molecule has 12 heteroatoms. The van der Waals surface area contributed by atoms with Crippen molar-refractivity contribution >= 4 is 45.1 Å². The Kier molecular flexibility index (Phi) is 10.5. The van der Waals surface area contributed by atoms with Crippen molar-refractivity contribution in [2.24, 2.45) is 0 Å². The minimum Gasteiger partial charge on any atom is -0.495 e. The highest BCUT2D eigenvalue weighted by Gasteiger charge is 2.29. The molecule has 0 atom stereocenters. The van der Waals surface area contributed by atoms with E-state index in [2.05, 4.69) is 19.8 Å².